The van der Waals surface area contributed by atoms with Crippen LogP contribution in [0.1, 0.15) is 15.9 Å². The number of anilines is 2. The average Bonchev–Trinajstić information content (AvgIpc) is 2.43. The van der Waals surface area contributed by atoms with Gasteiger partial charge in [-0.05, 0) is 53.2 Å². The van der Waals surface area contributed by atoms with E-state index in [1.165, 1.54) is 18.2 Å². The van der Waals surface area contributed by atoms with Gasteiger partial charge in [-0.15, -0.1) is 0 Å². The molecule has 0 unspecified atom stereocenters. The summed E-state index contributed by atoms with van der Waals surface area (Å²) in [5.74, 6) is -1.02. The Bertz CT molecular complexity index is 684. The van der Waals surface area contributed by atoms with Crippen LogP contribution in [-0.4, -0.2) is 17.1 Å². The Labute approximate surface area is 130 Å². The van der Waals surface area contributed by atoms with E-state index in [-0.39, 0.29) is 5.56 Å². The van der Waals surface area contributed by atoms with E-state index in [1.54, 1.807) is 12.1 Å². The third-order valence-corrected chi connectivity index (χ3v) is 3.43. The minimum atomic E-state index is -1.02. The topological polar surface area (TPSA) is 78.4 Å². The number of halogens is 1. The van der Waals surface area contributed by atoms with Crippen molar-refractivity contribution in [2.75, 3.05) is 10.6 Å². The van der Waals surface area contributed by atoms with Crippen LogP contribution in [-0.2, 0) is 0 Å². The zero-order chi connectivity index (χ0) is 15.4. The average molecular weight is 349 g/mol. The lowest BCUT2D eigenvalue weighted by Gasteiger charge is -2.10. The van der Waals surface area contributed by atoms with E-state index in [1.807, 2.05) is 19.1 Å². The molecule has 3 N–H and O–H groups in total. The van der Waals surface area contributed by atoms with Crippen molar-refractivity contribution in [1.29, 1.82) is 0 Å². The van der Waals surface area contributed by atoms with Gasteiger partial charge < -0.3 is 15.7 Å². The predicted molar refractivity (Wildman–Crippen MR) is 84.9 cm³/mol. The smallest absolute Gasteiger partial charge is 0.335 e. The number of aromatic carboxylic acids is 1. The van der Waals surface area contributed by atoms with Crippen LogP contribution in [0, 0.1) is 6.92 Å². The highest BCUT2D eigenvalue weighted by Crippen LogP contribution is 2.24. The molecule has 2 aromatic rings. The van der Waals surface area contributed by atoms with Crippen LogP contribution in [0.15, 0.2) is 46.9 Å². The maximum Gasteiger partial charge on any atom is 0.335 e. The van der Waals surface area contributed by atoms with Crippen molar-refractivity contribution >= 4 is 39.3 Å². The quantitative estimate of drug-likeness (QED) is 0.781. The number of hydrogen-bond donors (Lipinski definition) is 3. The third kappa shape index (κ3) is 4.06. The van der Waals surface area contributed by atoms with Crippen LogP contribution in [0.3, 0.4) is 0 Å². The minimum absolute atomic E-state index is 0.145. The molecule has 0 aliphatic carbocycles. The lowest BCUT2D eigenvalue weighted by molar-refractivity contribution is 0.0697. The fourth-order valence-electron chi connectivity index (χ4n) is 1.67. The molecular weight excluding hydrogens is 336 g/mol. The van der Waals surface area contributed by atoms with Crippen molar-refractivity contribution in [1.82, 2.24) is 0 Å². The molecule has 108 valence electrons. The van der Waals surface area contributed by atoms with Gasteiger partial charge in [-0.25, -0.2) is 9.59 Å². The Morgan fingerprint density at radius 1 is 1.05 bits per heavy atom. The first kappa shape index (κ1) is 15.1. The van der Waals surface area contributed by atoms with Crippen molar-refractivity contribution in [3.05, 3.63) is 58.1 Å². The molecule has 0 atom stereocenters. The first-order chi connectivity index (χ1) is 9.95. The Balaban J connectivity index is 2.06. The number of rotatable bonds is 3. The van der Waals surface area contributed by atoms with E-state index in [9.17, 15) is 9.59 Å². The highest BCUT2D eigenvalue weighted by Gasteiger charge is 2.09. The molecule has 5 nitrogen and oxygen atoms in total. The van der Waals surface area contributed by atoms with E-state index in [4.69, 9.17) is 5.11 Å². The van der Waals surface area contributed by atoms with Crippen LogP contribution >= 0.6 is 15.9 Å². The Morgan fingerprint density at radius 3 is 2.29 bits per heavy atom. The van der Waals surface area contributed by atoms with Gasteiger partial charge in [0, 0.05) is 10.2 Å². The third-order valence-electron chi connectivity index (χ3n) is 2.77. The SMILES string of the molecule is Cc1ccc(NC(=O)Nc2ccc(C(=O)O)cc2Br)cc1. The number of carboxylic acids is 1. The molecule has 0 bridgehead atoms. The van der Waals surface area contributed by atoms with Crippen LogP contribution in [0.25, 0.3) is 0 Å². The summed E-state index contributed by atoms with van der Waals surface area (Å²) in [6, 6.07) is 11.4. The van der Waals surface area contributed by atoms with Gasteiger partial charge in [0.15, 0.2) is 0 Å². The largest absolute Gasteiger partial charge is 0.478 e. The number of nitrogens with one attached hydrogen (secondary N) is 2. The van der Waals surface area contributed by atoms with Crippen LogP contribution < -0.4 is 10.6 Å². The van der Waals surface area contributed by atoms with Gasteiger partial charge >= 0.3 is 12.0 Å². The summed E-state index contributed by atoms with van der Waals surface area (Å²) >= 11 is 3.23. The molecule has 0 aliphatic rings. The van der Waals surface area contributed by atoms with E-state index in [0.717, 1.165) is 5.56 Å². The van der Waals surface area contributed by atoms with Gasteiger partial charge in [0.1, 0.15) is 0 Å². The molecule has 2 rings (SSSR count). The Morgan fingerprint density at radius 2 is 1.71 bits per heavy atom. The maximum absolute atomic E-state index is 11.9. The predicted octanol–water partition coefficient (Wildman–Crippen LogP) is 4.10. The van der Waals surface area contributed by atoms with Gasteiger partial charge in [-0.1, -0.05) is 17.7 Å². The number of carboxylic acid groups (broad SMARTS) is 1. The number of benzene rings is 2. The zero-order valence-corrected chi connectivity index (χ0v) is 12.8. The standard InChI is InChI=1S/C15H13BrN2O3/c1-9-2-5-11(6-3-9)17-15(21)18-13-7-4-10(14(19)20)8-12(13)16/h2-8H,1H3,(H,19,20)(H2,17,18,21). The number of aryl methyl sites for hydroxylation is 1. The zero-order valence-electron chi connectivity index (χ0n) is 11.2. The summed E-state index contributed by atoms with van der Waals surface area (Å²) < 4.78 is 0.501. The molecule has 0 spiro atoms. The normalized spacial score (nSPS) is 10.0. The summed E-state index contributed by atoms with van der Waals surface area (Å²) in [4.78, 5) is 22.7. The first-order valence-corrected chi connectivity index (χ1v) is 6.92. The van der Waals surface area contributed by atoms with E-state index in [0.29, 0.717) is 15.8 Å². The van der Waals surface area contributed by atoms with Crippen LogP contribution in [0.2, 0.25) is 0 Å². The molecule has 0 radical (unpaired) electrons. The molecule has 6 heteroatoms. The van der Waals surface area contributed by atoms with Crippen molar-refractivity contribution < 1.29 is 14.7 Å². The first-order valence-electron chi connectivity index (χ1n) is 6.13. The number of amides is 2. The molecule has 0 saturated carbocycles. The lowest BCUT2D eigenvalue weighted by Crippen LogP contribution is -2.19. The second-order valence-corrected chi connectivity index (χ2v) is 5.30. The van der Waals surface area contributed by atoms with Gasteiger partial charge in [0.2, 0.25) is 0 Å². The monoisotopic (exact) mass is 348 g/mol. The van der Waals surface area contributed by atoms with E-state index >= 15 is 0 Å². The molecular formula is C15H13BrN2O3. The summed E-state index contributed by atoms with van der Waals surface area (Å²) in [5.41, 5.74) is 2.42. The summed E-state index contributed by atoms with van der Waals surface area (Å²) in [5, 5.41) is 14.2. The summed E-state index contributed by atoms with van der Waals surface area (Å²) in [6.07, 6.45) is 0. The molecule has 21 heavy (non-hydrogen) atoms. The Kier molecular flexibility index (Phi) is 4.59. The van der Waals surface area contributed by atoms with Crippen molar-refractivity contribution in [2.45, 2.75) is 6.92 Å². The Hall–Kier alpha value is -2.34. The molecule has 0 heterocycles. The minimum Gasteiger partial charge on any atom is -0.478 e. The molecule has 0 fully saturated rings. The number of hydrogen-bond acceptors (Lipinski definition) is 2. The van der Waals surface area contributed by atoms with Crippen molar-refractivity contribution in [2.24, 2.45) is 0 Å². The fourth-order valence-corrected chi connectivity index (χ4v) is 2.15. The number of urea groups is 1. The highest BCUT2D eigenvalue weighted by molar-refractivity contribution is 9.10. The molecule has 2 aromatic carbocycles. The van der Waals surface area contributed by atoms with Gasteiger partial charge in [0.25, 0.3) is 0 Å². The van der Waals surface area contributed by atoms with E-state index < -0.39 is 12.0 Å². The maximum atomic E-state index is 11.9. The molecule has 2 amide bonds. The van der Waals surface area contributed by atoms with Crippen molar-refractivity contribution in [3.8, 4) is 0 Å². The van der Waals surface area contributed by atoms with Gasteiger partial charge in [-0.3, -0.25) is 0 Å². The molecule has 0 aromatic heterocycles. The molecule has 0 saturated heterocycles. The van der Waals surface area contributed by atoms with Gasteiger partial charge in [-0.2, -0.15) is 0 Å². The fraction of sp³-hybridized carbons (Fsp3) is 0.0667. The lowest BCUT2D eigenvalue weighted by atomic mass is 10.2. The van der Waals surface area contributed by atoms with Crippen molar-refractivity contribution in [3.63, 3.8) is 0 Å². The highest BCUT2D eigenvalue weighted by atomic mass is 79.9. The van der Waals surface area contributed by atoms with E-state index in [2.05, 4.69) is 26.6 Å². The second-order valence-electron chi connectivity index (χ2n) is 4.44. The molecule has 0 aliphatic heterocycles. The summed E-state index contributed by atoms with van der Waals surface area (Å²) in [7, 11) is 0. The second kappa shape index (κ2) is 6.41. The van der Waals surface area contributed by atoms with Crippen LogP contribution in [0.5, 0.6) is 0 Å². The number of carbonyl (C=O) groups is 2. The number of carbonyl (C=O) groups excluding carboxylic acids is 1. The summed E-state index contributed by atoms with van der Waals surface area (Å²) in [6.45, 7) is 1.96. The van der Waals surface area contributed by atoms with Crippen LogP contribution in [0.4, 0.5) is 16.2 Å². The van der Waals surface area contributed by atoms with Gasteiger partial charge in [0.05, 0.1) is 11.3 Å².